The number of carbonyl (C=O) groups is 6. The number of hydrogen-bond acceptors (Lipinski definition) is 17. The van der Waals surface area contributed by atoms with Crippen LogP contribution in [-0.4, -0.2) is 90.3 Å². The Hall–Kier alpha value is -15.4. The Kier molecular flexibility index (Phi) is 28.2. The summed E-state index contributed by atoms with van der Waals surface area (Å²) in [6.45, 7) is 16.8. The Balaban J connectivity index is 0.000000111. The molecule has 30 heteroatoms. The van der Waals surface area contributed by atoms with Crippen molar-refractivity contribution in [1.82, 2.24) is 54.8 Å². The Labute approximate surface area is 847 Å². The van der Waals surface area contributed by atoms with Crippen LogP contribution in [0.15, 0.2) is 241 Å². The highest BCUT2D eigenvalue weighted by molar-refractivity contribution is 6.08. The Bertz CT molecular complexity index is 7070. The van der Waals surface area contributed by atoms with E-state index in [0.717, 1.165) is 120 Å². The maximum atomic E-state index is 13.7. The molecule has 0 aliphatic heterocycles. The molecule has 6 fully saturated rings. The molecule has 23 nitrogen and oxygen atoms in total. The first kappa shape index (κ1) is 100. The largest absolute Gasteiger partial charge is 0.306 e. The lowest BCUT2D eigenvalue weighted by Crippen LogP contribution is -2.17. The first-order chi connectivity index (χ1) is 70.7. The summed E-state index contributed by atoms with van der Waals surface area (Å²) >= 11 is 0. The summed E-state index contributed by atoms with van der Waals surface area (Å²) in [5, 5.41) is 15.5. The van der Waals surface area contributed by atoms with Gasteiger partial charge in [0.15, 0.2) is 29.1 Å². The zero-order valence-electron chi connectivity index (χ0n) is 83.1. The summed E-state index contributed by atoms with van der Waals surface area (Å²) in [6.07, 6.45) is 46.9. The lowest BCUT2D eigenvalue weighted by molar-refractivity contribution is 0.101. The van der Waals surface area contributed by atoms with Crippen molar-refractivity contribution in [3.63, 3.8) is 0 Å². The predicted molar refractivity (Wildman–Crippen MR) is 551 cm³/mol. The number of nitrogens with one attached hydrogen (secondary N) is 6. The van der Waals surface area contributed by atoms with Crippen molar-refractivity contribution in [2.24, 2.45) is 32.5 Å². The van der Waals surface area contributed by atoms with Crippen LogP contribution >= 0.6 is 0 Å². The fraction of sp³-hybridized carbons (Fsp3) is 0.325. The molecule has 0 atom stereocenters. The molecule has 6 saturated carbocycles. The molecule has 6 aromatic heterocycles. The third-order valence-electron chi connectivity index (χ3n) is 31.1. The minimum absolute atomic E-state index is 0.00495. The summed E-state index contributed by atoms with van der Waals surface area (Å²) in [7, 11) is 0. The number of carbonyl (C=O) groups excluding carboxylic acids is 6. The monoisotopic (exact) mass is 1980 g/mol. The minimum atomic E-state index is -0.913. The number of halogens is 7. The smallest absolute Gasteiger partial charge is 0.262 e. The van der Waals surface area contributed by atoms with Crippen molar-refractivity contribution >= 4 is 104 Å². The first-order valence-electron chi connectivity index (χ1n) is 50.0. The van der Waals surface area contributed by atoms with Crippen LogP contribution in [0.5, 0.6) is 0 Å². The SMILES string of the molecule is CC1=C(c2ccc(NC(=O)c3c(F)cccc3F)nc2)CC2(CC2)C1.CC1=C(c2cnc(NC(=O)c3c(F)cccc3F)cn2)C2(CC1)CC2.CC1=C(c2cnc(NC(=O)c3c(F)cccc3F)cn2)C2(CC1)CC2.CC1=C(c2cnc(NC(=O)c3ccccc3C)cn2)C2(CC1)CC2.CC1=C(c2cnc(NC(=O)c3ccccc3C)cn2)CC2(CC2)C1.CC1=C(c2cnc(NC(=O)c3ccccc3F)cn2)C2(CC1)CC2. The van der Waals surface area contributed by atoms with Gasteiger partial charge in [0.25, 0.3) is 35.4 Å². The molecule has 0 saturated heterocycles. The molecule has 6 heterocycles. The highest BCUT2D eigenvalue weighted by Crippen LogP contribution is 2.68. The van der Waals surface area contributed by atoms with Gasteiger partial charge in [0.1, 0.15) is 63.2 Å². The van der Waals surface area contributed by atoms with E-state index in [9.17, 15) is 59.5 Å². The van der Waals surface area contributed by atoms with Crippen molar-refractivity contribution in [2.75, 3.05) is 31.9 Å². The van der Waals surface area contributed by atoms with Crippen LogP contribution in [0.4, 0.5) is 65.6 Å². The van der Waals surface area contributed by atoms with Crippen molar-refractivity contribution in [2.45, 2.75) is 209 Å². The van der Waals surface area contributed by atoms with Crippen LogP contribution in [-0.2, 0) is 0 Å². The van der Waals surface area contributed by atoms with E-state index in [1.165, 1.54) is 225 Å². The average molecular weight is 1990 g/mol. The number of rotatable bonds is 18. The quantitative estimate of drug-likeness (QED) is 0.0435. The van der Waals surface area contributed by atoms with Gasteiger partial charge in [-0.25, -0.2) is 60.6 Å². The highest BCUT2D eigenvalue weighted by Gasteiger charge is 2.55. The molecule has 0 unspecified atom stereocenters. The predicted octanol–water partition coefficient (Wildman–Crippen LogP) is 26.7. The third-order valence-corrected chi connectivity index (χ3v) is 31.1. The Morgan fingerprint density at radius 3 is 0.776 bits per heavy atom. The average Bonchev–Trinajstić information content (AvgIpc) is 1.58. The van der Waals surface area contributed by atoms with Crippen molar-refractivity contribution in [3.8, 4) is 0 Å². The van der Waals surface area contributed by atoms with Gasteiger partial charge in [-0.3, -0.25) is 53.7 Å². The maximum Gasteiger partial charge on any atom is 0.262 e. The topological polar surface area (TPSA) is 316 Å². The standard InChI is InChI=1S/C20H18F2N2O.2C20H21N3O.2C19H17F2N3O.C19H18FN3O/c1-12-9-20(7-8-20)10-14(12)13-5-6-17(23-11-13)24-19(25)18-15(21)3-2-4-16(18)22;1-13-5-3-4-6-15(13)19(24)23-18-12-21-17(11-22-18)16-10-20(7-8-20)9-14(16)2;1-13-5-3-4-6-15(13)19(24)23-17-12-21-16(11-22-17)18-14(2)7-8-20(18)9-10-20;2*1-11-5-6-19(7-8-19)17(11)14-9-23-15(10-22-14)24-18(25)16-12(20)3-2-4-13(16)21;1-12-6-7-19(8-9-19)17(12)15-10-22-16(11-21-15)23-18(24)13-4-2-3-5-14(13)20/h2-6,11H,7-10H2,1H3,(H,23,24,25);2*3-6,11-12H,7-10H2,1-2H3,(H,22,23,24);2*2-4,9-10H,5-8H2,1H3,(H,23,24,25);2-5,10-11H,6-9H2,1H3,(H,22,23,24). The lowest BCUT2D eigenvalue weighted by atomic mass is 9.95. The van der Waals surface area contributed by atoms with E-state index in [1.807, 2.05) is 68.4 Å². The normalized spacial score (nSPS) is 18.0. The molecule has 0 radical (unpaired) electrons. The molecule has 750 valence electrons. The summed E-state index contributed by atoms with van der Waals surface area (Å²) in [4.78, 5) is 121. The number of hydrogen-bond donors (Lipinski definition) is 6. The molecule has 6 aromatic carbocycles. The van der Waals surface area contributed by atoms with Gasteiger partial charge >= 0.3 is 0 Å². The van der Waals surface area contributed by atoms with Gasteiger partial charge in [-0.1, -0.05) is 100 Å². The molecule has 6 spiro atoms. The summed E-state index contributed by atoms with van der Waals surface area (Å²) in [5.74, 6) is -7.51. The summed E-state index contributed by atoms with van der Waals surface area (Å²) in [5.41, 5.74) is 25.5. The summed E-state index contributed by atoms with van der Waals surface area (Å²) in [6, 6.07) is 34.4. The van der Waals surface area contributed by atoms with Gasteiger partial charge in [0.2, 0.25) is 0 Å². The van der Waals surface area contributed by atoms with Crippen molar-refractivity contribution < 1.29 is 59.5 Å². The second-order valence-electron chi connectivity index (χ2n) is 41.5. The van der Waals surface area contributed by atoms with Gasteiger partial charge in [0.05, 0.1) is 96.0 Å². The lowest BCUT2D eigenvalue weighted by Gasteiger charge is -2.13. The van der Waals surface area contributed by atoms with E-state index < -0.39 is 81.0 Å². The molecular weight excluding hydrogens is 1870 g/mol. The van der Waals surface area contributed by atoms with Gasteiger partial charge in [-0.2, -0.15) is 0 Å². The Morgan fingerprint density at radius 2 is 0.497 bits per heavy atom. The first-order valence-corrected chi connectivity index (χ1v) is 50.0. The highest BCUT2D eigenvalue weighted by atomic mass is 19.2. The number of amides is 6. The van der Waals surface area contributed by atoms with Gasteiger partial charge in [-0.15, -0.1) is 0 Å². The number of allylic oxidation sites excluding steroid dienone is 12. The van der Waals surface area contributed by atoms with E-state index in [2.05, 4.69) is 128 Å². The molecule has 6 amide bonds. The van der Waals surface area contributed by atoms with Crippen molar-refractivity contribution in [1.29, 1.82) is 0 Å². The molecule has 12 aliphatic rings. The second kappa shape index (κ2) is 41.3. The molecule has 12 aromatic rings. The summed E-state index contributed by atoms with van der Waals surface area (Å²) < 4.78 is 95.6. The van der Waals surface area contributed by atoms with Crippen LogP contribution in [0.1, 0.15) is 303 Å². The van der Waals surface area contributed by atoms with E-state index in [-0.39, 0.29) is 45.7 Å². The van der Waals surface area contributed by atoms with E-state index in [0.29, 0.717) is 50.2 Å². The minimum Gasteiger partial charge on any atom is -0.306 e. The molecular formula is C117H112F7N17O6. The van der Waals surface area contributed by atoms with Crippen LogP contribution < -0.4 is 31.9 Å². The zero-order chi connectivity index (χ0) is 103. The number of nitrogens with zero attached hydrogens (tertiary/aromatic N) is 11. The molecule has 24 rings (SSSR count). The van der Waals surface area contributed by atoms with Crippen LogP contribution in [0, 0.1) is 87.1 Å². The van der Waals surface area contributed by atoms with Gasteiger partial charge < -0.3 is 31.9 Å². The van der Waals surface area contributed by atoms with Gasteiger partial charge in [-0.05, 0) is 365 Å². The van der Waals surface area contributed by atoms with E-state index in [1.54, 1.807) is 74.0 Å². The number of aryl methyl sites for hydroxylation is 2. The second-order valence-corrected chi connectivity index (χ2v) is 41.5. The number of benzene rings is 6. The van der Waals surface area contributed by atoms with Crippen molar-refractivity contribution in [3.05, 3.63) is 360 Å². The van der Waals surface area contributed by atoms with Gasteiger partial charge in [0, 0.05) is 17.3 Å². The number of anilines is 6. The molecule has 6 N–H and O–H groups in total. The fourth-order valence-electron chi connectivity index (χ4n) is 22.1. The molecule has 147 heavy (non-hydrogen) atoms. The number of aromatic nitrogens is 11. The Morgan fingerprint density at radius 1 is 0.231 bits per heavy atom. The maximum absolute atomic E-state index is 13.7. The van der Waals surface area contributed by atoms with Crippen LogP contribution in [0.3, 0.4) is 0 Å². The third kappa shape index (κ3) is 22.0. The molecule has 0 bridgehead atoms. The van der Waals surface area contributed by atoms with E-state index in [4.69, 9.17) is 0 Å². The molecule has 12 aliphatic carbocycles. The van der Waals surface area contributed by atoms with Crippen LogP contribution in [0.2, 0.25) is 0 Å². The number of pyridine rings is 1. The fourth-order valence-corrected chi connectivity index (χ4v) is 22.1. The van der Waals surface area contributed by atoms with Crippen LogP contribution in [0.25, 0.3) is 33.4 Å². The zero-order valence-corrected chi connectivity index (χ0v) is 83.1. The van der Waals surface area contributed by atoms with E-state index >= 15 is 0 Å².